The topological polar surface area (TPSA) is 40.7 Å². The smallest absolute Gasteiger partial charge is 0.123 e. The maximum absolute atomic E-state index is 4.61. The number of H-pyrrole nitrogens is 1. The maximum atomic E-state index is 4.61. The van der Waals surface area contributed by atoms with E-state index in [-0.39, 0.29) is 6.04 Å². The molecule has 118 valence electrons. The molecule has 1 unspecified atom stereocenters. The molecule has 23 heavy (non-hydrogen) atoms. The van der Waals surface area contributed by atoms with Crippen LogP contribution in [0.2, 0.25) is 0 Å². The maximum Gasteiger partial charge on any atom is 0.123 e. The van der Waals surface area contributed by atoms with Crippen LogP contribution >= 0.6 is 0 Å². The van der Waals surface area contributed by atoms with Crippen LogP contribution in [0.3, 0.4) is 0 Å². The second kappa shape index (κ2) is 7.75. The van der Waals surface area contributed by atoms with Crippen LogP contribution in [0.4, 0.5) is 0 Å². The molecule has 3 nitrogen and oxygen atoms in total. The largest absolute Gasteiger partial charge is 0.341 e. The Kier molecular flexibility index (Phi) is 5.22. The fraction of sp³-hybridized carbons (Fsp3) is 0.250. The van der Waals surface area contributed by atoms with Gasteiger partial charge in [0.05, 0.1) is 17.9 Å². The number of benzene rings is 2. The Morgan fingerprint density at radius 1 is 1.00 bits per heavy atom. The monoisotopic (exact) mass is 305 g/mol. The highest BCUT2D eigenvalue weighted by atomic mass is 15.0. The van der Waals surface area contributed by atoms with Gasteiger partial charge < -0.3 is 10.3 Å². The zero-order valence-corrected chi connectivity index (χ0v) is 13.5. The molecule has 0 bridgehead atoms. The number of nitrogens with one attached hydrogen (secondary N) is 2. The first-order chi connectivity index (χ1) is 11.4. The quantitative estimate of drug-likeness (QED) is 0.664. The molecule has 0 aliphatic heterocycles. The third-order valence-electron chi connectivity index (χ3n) is 3.98. The Balaban J connectivity index is 1.72. The first-order valence-electron chi connectivity index (χ1n) is 8.24. The molecule has 0 aliphatic carbocycles. The lowest BCUT2D eigenvalue weighted by atomic mass is 10.1. The third kappa shape index (κ3) is 4.08. The van der Waals surface area contributed by atoms with E-state index in [9.17, 15) is 0 Å². The van der Waals surface area contributed by atoms with Crippen molar-refractivity contribution in [1.29, 1.82) is 0 Å². The molecular weight excluding hydrogens is 282 g/mol. The van der Waals surface area contributed by atoms with Crippen molar-refractivity contribution < 1.29 is 0 Å². The van der Waals surface area contributed by atoms with Crippen LogP contribution in [0.25, 0.3) is 11.3 Å². The van der Waals surface area contributed by atoms with E-state index in [2.05, 4.69) is 58.6 Å². The van der Waals surface area contributed by atoms with E-state index in [1.165, 1.54) is 11.1 Å². The van der Waals surface area contributed by atoms with Gasteiger partial charge in [0.2, 0.25) is 0 Å². The van der Waals surface area contributed by atoms with Crippen LogP contribution < -0.4 is 5.32 Å². The van der Waals surface area contributed by atoms with E-state index >= 15 is 0 Å². The van der Waals surface area contributed by atoms with Crippen LogP contribution in [-0.2, 0) is 6.54 Å². The summed E-state index contributed by atoms with van der Waals surface area (Å²) < 4.78 is 0. The first-order valence-corrected chi connectivity index (χ1v) is 8.24. The Morgan fingerprint density at radius 3 is 2.39 bits per heavy atom. The number of hydrogen-bond acceptors (Lipinski definition) is 2. The molecule has 3 heteroatoms. The third-order valence-corrected chi connectivity index (χ3v) is 3.98. The summed E-state index contributed by atoms with van der Waals surface area (Å²) >= 11 is 0. The highest BCUT2D eigenvalue weighted by Crippen LogP contribution is 2.21. The van der Waals surface area contributed by atoms with Gasteiger partial charge in [0.1, 0.15) is 5.82 Å². The van der Waals surface area contributed by atoms with Crippen LogP contribution in [-0.4, -0.2) is 9.97 Å². The second-order valence-corrected chi connectivity index (χ2v) is 5.76. The molecule has 1 heterocycles. The van der Waals surface area contributed by atoms with Gasteiger partial charge in [0.15, 0.2) is 0 Å². The van der Waals surface area contributed by atoms with Gasteiger partial charge in [0, 0.05) is 6.54 Å². The molecule has 3 rings (SSSR count). The second-order valence-electron chi connectivity index (χ2n) is 5.76. The summed E-state index contributed by atoms with van der Waals surface area (Å²) in [6, 6.07) is 21.1. The zero-order chi connectivity index (χ0) is 15.9. The van der Waals surface area contributed by atoms with E-state index in [1.807, 2.05) is 30.5 Å². The molecule has 0 spiro atoms. The van der Waals surface area contributed by atoms with Gasteiger partial charge in [-0.2, -0.15) is 0 Å². The average Bonchev–Trinajstić information content (AvgIpc) is 3.10. The summed E-state index contributed by atoms with van der Waals surface area (Å²) in [6.45, 7) is 3.06. The Morgan fingerprint density at radius 2 is 1.70 bits per heavy atom. The SMILES string of the molecule is CCCC(NCc1ccccc1)c1ncc(-c2ccccc2)[nH]1. The van der Waals surface area contributed by atoms with Crippen LogP contribution in [0, 0.1) is 0 Å². The molecular formula is C20H23N3. The van der Waals surface area contributed by atoms with E-state index in [0.717, 1.165) is 30.9 Å². The summed E-state index contributed by atoms with van der Waals surface area (Å²) in [4.78, 5) is 8.08. The lowest BCUT2D eigenvalue weighted by molar-refractivity contribution is 0.474. The average molecular weight is 305 g/mol. The molecule has 2 N–H and O–H groups in total. The standard InChI is InChI=1S/C20H23N3/c1-2-9-18(21-14-16-10-5-3-6-11-16)20-22-15-19(23-20)17-12-7-4-8-13-17/h3-8,10-13,15,18,21H,2,9,14H2,1H3,(H,22,23). The molecule has 0 fully saturated rings. The van der Waals surface area contributed by atoms with Gasteiger partial charge in [-0.1, -0.05) is 74.0 Å². The lowest BCUT2D eigenvalue weighted by Crippen LogP contribution is -2.22. The molecule has 0 saturated carbocycles. The Bertz CT molecular complexity index is 704. The summed E-state index contributed by atoms with van der Waals surface area (Å²) in [5.74, 6) is 1.02. The van der Waals surface area contributed by atoms with E-state index in [1.54, 1.807) is 0 Å². The van der Waals surface area contributed by atoms with Crippen molar-refractivity contribution in [2.45, 2.75) is 32.4 Å². The summed E-state index contributed by atoms with van der Waals surface area (Å²) in [5.41, 5.74) is 3.54. The number of aromatic nitrogens is 2. The molecule has 1 aromatic heterocycles. The molecule has 0 saturated heterocycles. The normalized spacial score (nSPS) is 12.2. The predicted molar refractivity (Wildman–Crippen MR) is 95.0 cm³/mol. The van der Waals surface area contributed by atoms with Crippen molar-refractivity contribution in [3.63, 3.8) is 0 Å². The van der Waals surface area contributed by atoms with Gasteiger partial charge in [0.25, 0.3) is 0 Å². The minimum absolute atomic E-state index is 0.248. The number of nitrogens with zero attached hydrogens (tertiary/aromatic N) is 1. The lowest BCUT2D eigenvalue weighted by Gasteiger charge is -2.16. The van der Waals surface area contributed by atoms with Crippen LogP contribution in [0.15, 0.2) is 66.9 Å². The van der Waals surface area contributed by atoms with Crippen molar-refractivity contribution >= 4 is 0 Å². The summed E-state index contributed by atoms with van der Waals surface area (Å²) in [5, 5.41) is 3.62. The van der Waals surface area contributed by atoms with Crippen LogP contribution in [0.1, 0.15) is 37.2 Å². The van der Waals surface area contributed by atoms with E-state index in [0.29, 0.717) is 0 Å². The van der Waals surface area contributed by atoms with Crippen molar-refractivity contribution in [1.82, 2.24) is 15.3 Å². The highest BCUT2D eigenvalue weighted by molar-refractivity contribution is 5.58. The molecule has 3 aromatic rings. The number of aromatic amines is 1. The van der Waals surface area contributed by atoms with Crippen molar-refractivity contribution in [3.05, 3.63) is 78.2 Å². The molecule has 2 aromatic carbocycles. The Hall–Kier alpha value is -2.39. The fourth-order valence-corrected chi connectivity index (χ4v) is 2.74. The van der Waals surface area contributed by atoms with Gasteiger partial charge in [-0.05, 0) is 17.5 Å². The Labute approximate surface area is 137 Å². The van der Waals surface area contributed by atoms with Crippen molar-refractivity contribution in [3.8, 4) is 11.3 Å². The van der Waals surface area contributed by atoms with Gasteiger partial charge >= 0.3 is 0 Å². The fourth-order valence-electron chi connectivity index (χ4n) is 2.74. The zero-order valence-electron chi connectivity index (χ0n) is 13.5. The number of imidazole rings is 1. The van der Waals surface area contributed by atoms with E-state index < -0.39 is 0 Å². The number of hydrogen-bond donors (Lipinski definition) is 2. The van der Waals surface area contributed by atoms with E-state index in [4.69, 9.17) is 0 Å². The first kappa shape index (κ1) is 15.5. The van der Waals surface area contributed by atoms with Crippen molar-refractivity contribution in [2.75, 3.05) is 0 Å². The summed E-state index contributed by atoms with van der Waals surface area (Å²) in [6.07, 6.45) is 4.11. The minimum atomic E-state index is 0.248. The number of rotatable bonds is 7. The predicted octanol–water partition coefficient (Wildman–Crippen LogP) is 4.71. The molecule has 0 amide bonds. The highest BCUT2D eigenvalue weighted by Gasteiger charge is 2.14. The van der Waals surface area contributed by atoms with Gasteiger partial charge in [-0.3, -0.25) is 0 Å². The van der Waals surface area contributed by atoms with Gasteiger partial charge in [-0.15, -0.1) is 0 Å². The van der Waals surface area contributed by atoms with Crippen LogP contribution in [0.5, 0.6) is 0 Å². The molecule has 1 atom stereocenters. The molecule has 0 radical (unpaired) electrons. The van der Waals surface area contributed by atoms with Crippen molar-refractivity contribution in [2.24, 2.45) is 0 Å². The molecule has 0 aliphatic rings. The van der Waals surface area contributed by atoms with Gasteiger partial charge in [-0.25, -0.2) is 4.98 Å². The summed E-state index contributed by atoms with van der Waals surface area (Å²) in [7, 11) is 0. The minimum Gasteiger partial charge on any atom is -0.341 e.